The van der Waals surface area contributed by atoms with Crippen LogP contribution in [0.5, 0.6) is 11.5 Å². The second kappa shape index (κ2) is 12.1. The van der Waals surface area contributed by atoms with E-state index in [-0.39, 0.29) is 52.6 Å². The molecule has 1 aliphatic heterocycles. The average molecular weight is 598 g/mol. The van der Waals surface area contributed by atoms with Crippen molar-refractivity contribution < 1.29 is 29.3 Å². The summed E-state index contributed by atoms with van der Waals surface area (Å²) in [6.07, 6.45) is 7.24. The number of nitrogens with one attached hydrogen (secondary N) is 1. The van der Waals surface area contributed by atoms with Crippen molar-refractivity contribution in [1.29, 1.82) is 0 Å². The third-order valence-electron chi connectivity index (χ3n) is 11.7. The summed E-state index contributed by atoms with van der Waals surface area (Å²) < 4.78 is 6.23. The molecule has 10 nitrogen and oxygen atoms in total. The standard InChI is InChI=1S/C33H47N3O7/c1-19-18-33(4)27(17-22(19)32(33,2)3)43-31(41)24-11-8-14-36(24)30(40)28(21-9-6-5-7-10-21)34-29(39)23(35-42)15-20-12-13-25(37)26(38)16-20/h12-13,16,19,21-24,27-28,37-38H,5-11,14-15,17-18H2,1-4H3,(H,34,39). The highest BCUT2D eigenvalue weighted by Crippen LogP contribution is 2.68. The number of ether oxygens (including phenoxy) is 1. The van der Waals surface area contributed by atoms with Gasteiger partial charge in [-0.1, -0.05) is 58.2 Å². The average Bonchev–Trinajstić information content (AvgIpc) is 3.59. The molecule has 236 valence electrons. The molecule has 4 aliphatic rings. The SMILES string of the molecule is CC1CC2(C)C(OC(=O)C3CCCN3C(=O)C(NC(=O)C(Cc3ccc(O)c(O)c3)N=O)C3CCCCC3)CC1C2(C)C. The van der Waals surface area contributed by atoms with Crippen LogP contribution in [-0.4, -0.2) is 63.7 Å². The molecular weight excluding hydrogens is 550 g/mol. The largest absolute Gasteiger partial charge is 0.504 e. The molecule has 2 bridgehead atoms. The van der Waals surface area contributed by atoms with Gasteiger partial charge < -0.3 is 25.2 Å². The van der Waals surface area contributed by atoms with E-state index in [9.17, 15) is 29.5 Å². The van der Waals surface area contributed by atoms with Gasteiger partial charge in [-0.2, -0.15) is 0 Å². The molecule has 1 aromatic rings. The van der Waals surface area contributed by atoms with Crippen LogP contribution in [0.15, 0.2) is 23.4 Å². The molecular formula is C33H47N3O7. The maximum Gasteiger partial charge on any atom is 0.329 e. The highest BCUT2D eigenvalue weighted by atomic mass is 16.5. The fourth-order valence-corrected chi connectivity index (χ4v) is 8.82. The van der Waals surface area contributed by atoms with Gasteiger partial charge >= 0.3 is 5.97 Å². The van der Waals surface area contributed by atoms with Crippen molar-refractivity contribution in [1.82, 2.24) is 10.2 Å². The predicted molar refractivity (Wildman–Crippen MR) is 160 cm³/mol. The number of esters is 1. The van der Waals surface area contributed by atoms with E-state index in [1.54, 1.807) is 4.90 Å². The molecule has 4 fully saturated rings. The summed E-state index contributed by atoms with van der Waals surface area (Å²) in [5.41, 5.74) is 0.412. The Labute approximate surface area is 253 Å². The Bertz CT molecular complexity index is 1240. The van der Waals surface area contributed by atoms with Gasteiger partial charge in [0.2, 0.25) is 11.8 Å². The van der Waals surface area contributed by atoms with E-state index >= 15 is 0 Å². The van der Waals surface area contributed by atoms with Gasteiger partial charge in [-0.15, -0.1) is 4.91 Å². The lowest BCUT2D eigenvalue weighted by Crippen LogP contribution is -2.57. The maximum absolute atomic E-state index is 14.2. The van der Waals surface area contributed by atoms with Crippen molar-refractivity contribution in [3.63, 3.8) is 0 Å². The van der Waals surface area contributed by atoms with E-state index in [2.05, 4.69) is 38.2 Å². The van der Waals surface area contributed by atoms with Gasteiger partial charge in [-0.25, -0.2) is 4.79 Å². The Hall–Kier alpha value is -3.17. The van der Waals surface area contributed by atoms with Gasteiger partial charge in [0.05, 0.1) is 0 Å². The zero-order valence-corrected chi connectivity index (χ0v) is 25.9. The van der Waals surface area contributed by atoms with Crippen LogP contribution in [0.2, 0.25) is 0 Å². The molecule has 7 atom stereocenters. The molecule has 43 heavy (non-hydrogen) atoms. The highest BCUT2D eigenvalue weighted by Gasteiger charge is 2.65. The highest BCUT2D eigenvalue weighted by molar-refractivity contribution is 5.93. The van der Waals surface area contributed by atoms with Gasteiger partial charge in [-0.3, -0.25) is 9.59 Å². The summed E-state index contributed by atoms with van der Waals surface area (Å²) in [6, 6.07) is 1.17. The van der Waals surface area contributed by atoms with Gasteiger partial charge in [0.15, 0.2) is 17.5 Å². The van der Waals surface area contributed by atoms with Crippen LogP contribution >= 0.6 is 0 Å². The normalized spacial score (nSPS) is 31.4. The topological polar surface area (TPSA) is 146 Å². The second-order valence-electron chi connectivity index (χ2n) is 14.3. The third-order valence-corrected chi connectivity index (χ3v) is 11.7. The van der Waals surface area contributed by atoms with Crippen molar-refractivity contribution in [2.24, 2.45) is 33.8 Å². The molecule has 1 saturated heterocycles. The van der Waals surface area contributed by atoms with Gasteiger partial charge in [0.25, 0.3) is 0 Å². The lowest BCUT2D eigenvalue weighted by atomic mass is 9.70. The van der Waals surface area contributed by atoms with E-state index in [1.807, 2.05) is 0 Å². The van der Waals surface area contributed by atoms with Gasteiger partial charge in [0, 0.05) is 18.4 Å². The number of aromatic hydroxyl groups is 2. The number of benzene rings is 1. The molecule has 3 N–H and O–H groups in total. The van der Waals surface area contributed by atoms with E-state index in [0.29, 0.717) is 36.8 Å². The number of fused-ring (bicyclic) bond motifs is 2. The van der Waals surface area contributed by atoms with Crippen molar-refractivity contribution in [3.8, 4) is 11.5 Å². The van der Waals surface area contributed by atoms with Crippen molar-refractivity contribution in [2.75, 3.05) is 6.54 Å². The van der Waals surface area contributed by atoms with Crippen LogP contribution in [0.1, 0.15) is 91.0 Å². The minimum Gasteiger partial charge on any atom is -0.504 e. The van der Waals surface area contributed by atoms with Crippen LogP contribution in [-0.2, 0) is 25.5 Å². The molecule has 1 aromatic carbocycles. The molecule has 1 heterocycles. The number of nitroso groups, excluding NO2 is 1. The number of hydrogen-bond acceptors (Lipinski definition) is 8. The first-order valence-electron chi connectivity index (χ1n) is 16.0. The van der Waals surface area contributed by atoms with Crippen molar-refractivity contribution in [2.45, 2.75) is 116 Å². The minimum atomic E-state index is -1.33. The number of likely N-dealkylation sites (tertiary alicyclic amines) is 1. The predicted octanol–water partition coefficient (Wildman–Crippen LogP) is 4.84. The number of carbonyl (C=O) groups is 3. The fourth-order valence-electron chi connectivity index (χ4n) is 8.82. The second-order valence-corrected chi connectivity index (χ2v) is 14.3. The summed E-state index contributed by atoms with van der Waals surface area (Å²) in [5.74, 6) is -1.03. The summed E-state index contributed by atoms with van der Waals surface area (Å²) in [5, 5.41) is 25.3. The zero-order chi connectivity index (χ0) is 31.1. The smallest absolute Gasteiger partial charge is 0.329 e. The molecule has 0 aromatic heterocycles. The number of amides is 2. The first-order valence-corrected chi connectivity index (χ1v) is 16.0. The molecule has 3 saturated carbocycles. The molecule has 10 heteroatoms. The summed E-state index contributed by atoms with van der Waals surface area (Å²) >= 11 is 0. The van der Waals surface area contributed by atoms with E-state index in [4.69, 9.17) is 4.74 Å². The molecule has 0 spiro atoms. The van der Waals surface area contributed by atoms with E-state index in [1.165, 1.54) is 18.2 Å². The summed E-state index contributed by atoms with van der Waals surface area (Å²) in [6.45, 7) is 9.49. The number of phenols is 2. The maximum atomic E-state index is 14.2. The number of hydrogen-bond donors (Lipinski definition) is 3. The Kier molecular flexibility index (Phi) is 8.78. The van der Waals surface area contributed by atoms with Crippen LogP contribution in [0.4, 0.5) is 0 Å². The minimum absolute atomic E-state index is 0.0704. The van der Waals surface area contributed by atoms with E-state index in [0.717, 1.165) is 44.9 Å². The van der Waals surface area contributed by atoms with Gasteiger partial charge in [0.1, 0.15) is 18.2 Å². The van der Waals surface area contributed by atoms with Crippen LogP contribution in [0.25, 0.3) is 0 Å². The monoisotopic (exact) mass is 597 g/mol. The van der Waals surface area contributed by atoms with E-state index < -0.39 is 24.0 Å². The Morgan fingerprint density at radius 3 is 2.40 bits per heavy atom. The Morgan fingerprint density at radius 2 is 1.79 bits per heavy atom. The number of phenolic OH excluding ortho intramolecular Hbond substituents is 2. The lowest BCUT2D eigenvalue weighted by Gasteiger charge is -2.39. The molecule has 7 unspecified atom stereocenters. The van der Waals surface area contributed by atoms with Crippen LogP contribution in [0, 0.1) is 33.5 Å². The van der Waals surface area contributed by atoms with Crippen molar-refractivity contribution in [3.05, 3.63) is 28.7 Å². The number of carbonyl (C=O) groups excluding carboxylic acids is 3. The summed E-state index contributed by atoms with van der Waals surface area (Å²) in [7, 11) is 0. The molecule has 3 aliphatic carbocycles. The first kappa shape index (κ1) is 31.3. The zero-order valence-electron chi connectivity index (χ0n) is 25.9. The molecule has 2 amide bonds. The first-order chi connectivity index (χ1) is 20.4. The third kappa shape index (κ3) is 5.74. The lowest BCUT2D eigenvalue weighted by molar-refractivity contribution is -0.166. The number of rotatable bonds is 9. The fraction of sp³-hybridized carbons (Fsp3) is 0.727. The van der Waals surface area contributed by atoms with Gasteiger partial charge in [-0.05, 0) is 79.4 Å². The quantitative estimate of drug-likeness (QED) is 0.210. The Balaban J connectivity index is 1.30. The molecule has 0 radical (unpaired) electrons. The van der Waals surface area contributed by atoms with Crippen molar-refractivity contribution >= 4 is 17.8 Å². The number of nitrogens with zero attached hydrogens (tertiary/aromatic N) is 2. The Morgan fingerprint density at radius 1 is 1.07 bits per heavy atom. The van der Waals surface area contributed by atoms with Crippen LogP contribution < -0.4 is 5.32 Å². The van der Waals surface area contributed by atoms with Crippen LogP contribution in [0.3, 0.4) is 0 Å². The molecule has 5 rings (SSSR count). The summed E-state index contributed by atoms with van der Waals surface area (Å²) in [4.78, 5) is 54.5.